The van der Waals surface area contributed by atoms with Gasteiger partial charge in [0.15, 0.2) is 8.32 Å². The predicted octanol–water partition coefficient (Wildman–Crippen LogP) is 6.49. The fraction of sp³-hybridized carbons (Fsp3) is 0.963. The van der Waals surface area contributed by atoms with E-state index in [0.29, 0.717) is 29.5 Å². The molecule has 0 aliphatic heterocycles. The zero-order valence-corrected chi connectivity index (χ0v) is 22.1. The van der Waals surface area contributed by atoms with E-state index in [4.69, 9.17) is 4.43 Å². The molecular formula is C27H46O3Si. The maximum absolute atomic E-state index is 12.7. The van der Waals surface area contributed by atoms with Gasteiger partial charge in [0.1, 0.15) is 5.78 Å². The van der Waals surface area contributed by atoms with Gasteiger partial charge in [-0.1, -0.05) is 34.6 Å². The highest BCUT2D eigenvalue weighted by atomic mass is 28.4. The van der Waals surface area contributed by atoms with E-state index in [2.05, 4.69) is 47.7 Å². The normalized spacial score (nSPS) is 51.9. The molecule has 5 saturated carbocycles. The van der Waals surface area contributed by atoms with Crippen molar-refractivity contribution in [2.45, 2.75) is 128 Å². The lowest BCUT2D eigenvalue weighted by molar-refractivity contribution is -0.271. The second-order valence-electron chi connectivity index (χ2n) is 14.3. The first-order chi connectivity index (χ1) is 14.2. The van der Waals surface area contributed by atoms with Crippen molar-refractivity contribution in [1.82, 2.24) is 0 Å². The summed E-state index contributed by atoms with van der Waals surface area (Å²) >= 11 is 0. The van der Waals surface area contributed by atoms with Gasteiger partial charge < -0.3 is 9.53 Å². The van der Waals surface area contributed by atoms with E-state index in [9.17, 15) is 9.90 Å². The topological polar surface area (TPSA) is 46.5 Å². The Morgan fingerprint density at radius 1 is 1.00 bits per heavy atom. The van der Waals surface area contributed by atoms with Gasteiger partial charge >= 0.3 is 0 Å². The number of hydrogen-bond acceptors (Lipinski definition) is 3. The Kier molecular flexibility index (Phi) is 4.72. The molecule has 176 valence electrons. The van der Waals surface area contributed by atoms with Gasteiger partial charge in [-0.15, -0.1) is 0 Å². The zero-order valence-electron chi connectivity index (χ0n) is 21.1. The molecule has 5 fully saturated rings. The van der Waals surface area contributed by atoms with E-state index >= 15 is 0 Å². The maximum Gasteiger partial charge on any atom is 0.192 e. The number of rotatable bonds is 2. The lowest BCUT2D eigenvalue weighted by atomic mass is 9.39. The van der Waals surface area contributed by atoms with Crippen molar-refractivity contribution >= 4 is 14.1 Å². The van der Waals surface area contributed by atoms with E-state index in [1.165, 1.54) is 6.42 Å². The molecule has 4 heteroatoms. The molecule has 0 heterocycles. The molecule has 31 heavy (non-hydrogen) atoms. The van der Waals surface area contributed by atoms with E-state index in [1.54, 1.807) is 0 Å². The summed E-state index contributed by atoms with van der Waals surface area (Å²) in [6.07, 6.45) is 10.4. The SMILES string of the molecule is CC(C)(C)[Si](C)(C)O[C@@]12CCC1C[C@]1(C)[C@H]3CC[C@]4(C)C(=O)CC[C@H]4[C@@H]3CC[C@]1(O)C2. The highest BCUT2D eigenvalue weighted by molar-refractivity contribution is 6.74. The molecule has 5 rings (SSSR count). The van der Waals surface area contributed by atoms with E-state index < -0.39 is 13.9 Å². The van der Waals surface area contributed by atoms with Crippen molar-refractivity contribution in [3.63, 3.8) is 0 Å². The molecule has 0 aromatic carbocycles. The van der Waals surface area contributed by atoms with Crippen LogP contribution in [-0.2, 0) is 9.22 Å². The minimum atomic E-state index is -1.89. The Hall–Kier alpha value is -0.193. The Morgan fingerprint density at radius 2 is 1.71 bits per heavy atom. The Balaban J connectivity index is 1.44. The number of hydrogen-bond donors (Lipinski definition) is 1. The molecule has 0 amide bonds. The third-order valence-electron chi connectivity index (χ3n) is 12.1. The van der Waals surface area contributed by atoms with Gasteiger partial charge in [-0.05, 0) is 98.6 Å². The quantitative estimate of drug-likeness (QED) is 0.493. The van der Waals surface area contributed by atoms with Crippen molar-refractivity contribution in [2.24, 2.45) is 34.5 Å². The van der Waals surface area contributed by atoms with Gasteiger partial charge in [0.25, 0.3) is 0 Å². The molecule has 5 aliphatic rings. The summed E-state index contributed by atoms with van der Waals surface area (Å²) in [6.45, 7) is 16.4. The van der Waals surface area contributed by atoms with E-state index in [-0.39, 0.29) is 21.5 Å². The van der Waals surface area contributed by atoms with Crippen LogP contribution in [0.15, 0.2) is 0 Å². The highest BCUT2D eigenvalue weighted by Crippen LogP contribution is 2.71. The number of ketones is 1. The first-order valence-electron chi connectivity index (χ1n) is 13.1. The number of carbonyl (C=O) groups is 1. The number of carbonyl (C=O) groups excluding carboxylic acids is 1. The average molecular weight is 447 g/mol. The van der Waals surface area contributed by atoms with Crippen LogP contribution in [0.5, 0.6) is 0 Å². The summed E-state index contributed by atoms with van der Waals surface area (Å²) in [6, 6.07) is 0. The summed E-state index contributed by atoms with van der Waals surface area (Å²) in [5.41, 5.74) is -0.790. The van der Waals surface area contributed by atoms with Crippen molar-refractivity contribution in [2.75, 3.05) is 0 Å². The molecule has 3 nitrogen and oxygen atoms in total. The molecule has 0 spiro atoms. The van der Waals surface area contributed by atoms with Gasteiger partial charge in [-0.2, -0.15) is 0 Å². The number of Topliss-reactive ketones (excluding diaryl/α,β-unsaturated/α-hetero) is 1. The van der Waals surface area contributed by atoms with Crippen LogP contribution in [0.3, 0.4) is 0 Å². The van der Waals surface area contributed by atoms with Crippen LogP contribution in [0.25, 0.3) is 0 Å². The summed E-state index contributed by atoms with van der Waals surface area (Å²) in [5.74, 6) is 2.87. The average Bonchev–Trinajstić information content (AvgIpc) is 2.95. The fourth-order valence-electron chi connectivity index (χ4n) is 8.95. The van der Waals surface area contributed by atoms with Crippen LogP contribution < -0.4 is 0 Å². The van der Waals surface area contributed by atoms with Gasteiger partial charge in [0.2, 0.25) is 0 Å². The van der Waals surface area contributed by atoms with Crippen molar-refractivity contribution < 1.29 is 14.3 Å². The van der Waals surface area contributed by atoms with Crippen molar-refractivity contribution in [1.29, 1.82) is 0 Å². The van der Waals surface area contributed by atoms with Crippen molar-refractivity contribution in [3.05, 3.63) is 0 Å². The van der Waals surface area contributed by atoms with Gasteiger partial charge in [0, 0.05) is 18.3 Å². The molecular weight excluding hydrogens is 400 g/mol. The van der Waals surface area contributed by atoms with Crippen LogP contribution in [0.4, 0.5) is 0 Å². The molecule has 0 saturated heterocycles. The molecule has 0 radical (unpaired) electrons. The van der Waals surface area contributed by atoms with Crippen LogP contribution in [0, 0.1) is 34.5 Å². The smallest absolute Gasteiger partial charge is 0.192 e. The number of fused-ring (bicyclic) bond motifs is 6. The molecule has 5 aliphatic carbocycles. The lowest BCUT2D eigenvalue weighted by Gasteiger charge is -2.70. The second kappa shape index (κ2) is 6.47. The molecule has 8 atom stereocenters. The lowest BCUT2D eigenvalue weighted by Crippen LogP contribution is -2.71. The molecule has 1 N–H and O–H groups in total. The van der Waals surface area contributed by atoms with Crippen LogP contribution in [-0.4, -0.2) is 30.4 Å². The minimum Gasteiger partial charge on any atom is -0.411 e. The van der Waals surface area contributed by atoms with Crippen LogP contribution >= 0.6 is 0 Å². The van der Waals surface area contributed by atoms with E-state index in [1.807, 2.05) is 0 Å². The summed E-state index contributed by atoms with van der Waals surface area (Å²) in [5, 5.41) is 12.5. The summed E-state index contributed by atoms with van der Waals surface area (Å²) < 4.78 is 7.16. The molecule has 0 aromatic heterocycles. The summed E-state index contributed by atoms with van der Waals surface area (Å²) in [7, 11) is -1.89. The first-order valence-corrected chi connectivity index (χ1v) is 16.0. The monoisotopic (exact) mass is 446 g/mol. The Labute approximate surface area is 191 Å². The standard InChI is InChI=1S/C27H46O3Si/c1-23(2,3)31(6,7)30-26-14-10-18(26)16-25(5)21-12-13-24(4)20(8-9-22(24)28)19(21)11-15-27(25,29)17-26/h18-21,29H,8-17H2,1-7H3/t18?,19-,20-,21-,24-,25+,26+,27-/m0/s1. The Bertz CT molecular complexity index is 786. The maximum atomic E-state index is 12.7. The first kappa shape index (κ1) is 22.6. The van der Waals surface area contributed by atoms with Crippen molar-refractivity contribution in [3.8, 4) is 0 Å². The third-order valence-corrected chi connectivity index (χ3v) is 16.6. The fourth-order valence-corrected chi connectivity index (χ4v) is 10.6. The minimum absolute atomic E-state index is 0.0196. The molecule has 0 bridgehead atoms. The third kappa shape index (κ3) is 2.86. The van der Waals surface area contributed by atoms with Gasteiger partial charge in [-0.25, -0.2) is 0 Å². The molecule has 0 aromatic rings. The second-order valence-corrected chi connectivity index (χ2v) is 19.1. The molecule has 1 unspecified atom stereocenters. The van der Waals surface area contributed by atoms with Crippen LogP contribution in [0.2, 0.25) is 18.1 Å². The van der Waals surface area contributed by atoms with E-state index in [0.717, 1.165) is 57.8 Å². The largest absolute Gasteiger partial charge is 0.411 e. The predicted molar refractivity (Wildman–Crippen MR) is 127 cm³/mol. The van der Waals surface area contributed by atoms with Crippen LogP contribution in [0.1, 0.15) is 98.8 Å². The summed E-state index contributed by atoms with van der Waals surface area (Å²) in [4.78, 5) is 12.7. The van der Waals surface area contributed by atoms with Gasteiger partial charge in [0.05, 0.1) is 11.2 Å². The van der Waals surface area contributed by atoms with Gasteiger partial charge in [-0.3, -0.25) is 4.79 Å². The Morgan fingerprint density at radius 3 is 2.32 bits per heavy atom. The number of aliphatic hydroxyl groups is 1. The highest BCUT2D eigenvalue weighted by Gasteiger charge is 2.70. The zero-order chi connectivity index (χ0) is 22.7.